The van der Waals surface area contributed by atoms with Crippen LogP contribution in [-0.4, -0.2) is 46.4 Å². The summed E-state index contributed by atoms with van der Waals surface area (Å²) in [4.78, 5) is 40.1. The van der Waals surface area contributed by atoms with Crippen molar-refractivity contribution in [3.8, 4) is 0 Å². The van der Waals surface area contributed by atoms with Crippen molar-refractivity contribution < 1.29 is 14.1 Å². The number of non-ortho nitro benzene ring substituents is 1. The average Bonchev–Trinajstić information content (AvgIpc) is 3.18. The van der Waals surface area contributed by atoms with Crippen molar-refractivity contribution in [3.63, 3.8) is 0 Å². The smallest absolute Gasteiger partial charge is 0.408 e. The van der Waals surface area contributed by atoms with Gasteiger partial charge < -0.3 is 9.32 Å². The van der Waals surface area contributed by atoms with E-state index in [9.17, 15) is 19.7 Å². The van der Waals surface area contributed by atoms with Crippen molar-refractivity contribution in [1.29, 1.82) is 0 Å². The van der Waals surface area contributed by atoms with Crippen LogP contribution in [-0.2, 0) is 6.67 Å². The number of nitro benzene ring substituents is 1. The van der Waals surface area contributed by atoms with Crippen molar-refractivity contribution in [2.45, 2.75) is 6.67 Å². The van der Waals surface area contributed by atoms with Crippen molar-refractivity contribution in [3.05, 3.63) is 104 Å². The number of fused-ring (bicyclic) bond motifs is 1. The van der Waals surface area contributed by atoms with Crippen molar-refractivity contribution >= 4 is 39.9 Å². The average molecular weight is 493 g/mol. The quantitative estimate of drug-likeness (QED) is 0.226. The minimum Gasteiger partial charge on any atom is -0.408 e. The van der Waals surface area contributed by atoms with E-state index >= 15 is 0 Å². The van der Waals surface area contributed by atoms with E-state index in [1.165, 1.54) is 12.1 Å². The number of benzene rings is 3. The molecule has 35 heavy (non-hydrogen) atoms. The van der Waals surface area contributed by atoms with E-state index in [0.29, 0.717) is 47.0 Å². The van der Waals surface area contributed by atoms with E-state index in [-0.39, 0.29) is 11.5 Å². The minimum absolute atomic E-state index is 0.0663. The van der Waals surface area contributed by atoms with Crippen LogP contribution < -0.4 is 10.7 Å². The number of carbonyl (C=O) groups is 1. The van der Waals surface area contributed by atoms with Crippen LogP contribution in [0.5, 0.6) is 0 Å². The summed E-state index contributed by atoms with van der Waals surface area (Å²) in [6.45, 7) is 3.24. The fourth-order valence-corrected chi connectivity index (χ4v) is 4.37. The van der Waals surface area contributed by atoms with E-state index in [0.717, 1.165) is 18.8 Å². The standard InChI is InChI=1S/C25H21ClN4O5/c26-19-4-1-17(2-5-19)24(31)18-3-10-22-23(15-18)35-25(32)29(22)16-27-11-13-28(14-12-27)20-6-8-21(9-7-20)30(33)34/h1-10,15H,11-14,16H2. The molecule has 0 atom stereocenters. The van der Waals surface area contributed by atoms with E-state index < -0.39 is 10.7 Å². The first-order valence-electron chi connectivity index (χ1n) is 11.0. The number of nitro groups is 1. The highest BCUT2D eigenvalue weighted by Crippen LogP contribution is 2.22. The largest absolute Gasteiger partial charge is 0.421 e. The molecule has 9 nitrogen and oxygen atoms in total. The molecule has 4 aromatic rings. The van der Waals surface area contributed by atoms with Crippen LogP contribution in [0.1, 0.15) is 15.9 Å². The molecule has 5 rings (SSSR count). The Morgan fingerprint density at radius 2 is 1.60 bits per heavy atom. The second-order valence-electron chi connectivity index (χ2n) is 8.33. The molecule has 1 aliphatic heterocycles. The zero-order valence-corrected chi connectivity index (χ0v) is 19.4. The molecule has 1 fully saturated rings. The third-order valence-electron chi connectivity index (χ3n) is 6.18. The number of carbonyl (C=O) groups excluding carboxylic acids is 1. The Labute approximate surface area is 204 Å². The molecule has 0 aliphatic carbocycles. The zero-order valence-electron chi connectivity index (χ0n) is 18.6. The molecule has 0 N–H and O–H groups in total. The van der Waals surface area contributed by atoms with Crippen LogP contribution in [0.15, 0.2) is 75.9 Å². The molecule has 178 valence electrons. The Balaban J connectivity index is 1.28. The summed E-state index contributed by atoms with van der Waals surface area (Å²) < 4.78 is 7.01. The lowest BCUT2D eigenvalue weighted by molar-refractivity contribution is -0.384. The molecule has 1 aromatic heterocycles. The van der Waals surface area contributed by atoms with Crippen LogP contribution >= 0.6 is 11.6 Å². The van der Waals surface area contributed by atoms with Crippen molar-refractivity contribution in [2.75, 3.05) is 31.1 Å². The van der Waals surface area contributed by atoms with Crippen LogP contribution in [0.3, 0.4) is 0 Å². The maximum atomic E-state index is 12.8. The Bertz CT molecular complexity index is 1450. The highest BCUT2D eigenvalue weighted by molar-refractivity contribution is 6.30. The number of halogens is 1. The molecule has 2 heterocycles. The summed E-state index contributed by atoms with van der Waals surface area (Å²) >= 11 is 5.90. The number of oxazole rings is 1. The molecule has 0 unspecified atom stereocenters. The van der Waals surface area contributed by atoms with Gasteiger partial charge in [0.05, 0.1) is 17.1 Å². The molecule has 3 aromatic carbocycles. The first kappa shape index (κ1) is 22.8. The van der Waals surface area contributed by atoms with Crippen molar-refractivity contribution in [2.24, 2.45) is 0 Å². The number of piperazine rings is 1. The topological polar surface area (TPSA) is 102 Å². The van der Waals surface area contributed by atoms with Gasteiger partial charge in [-0.2, -0.15) is 0 Å². The van der Waals surface area contributed by atoms with E-state index in [1.807, 2.05) is 0 Å². The van der Waals surface area contributed by atoms with Crippen LogP contribution in [0.2, 0.25) is 5.02 Å². The van der Waals surface area contributed by atoms with Gasteiger partial charge in [0, 0.05) is 60.1 Å². The summed E-state index contributed by atoms with van der Waals surface area (Å²) in [6.07, 6.45) is 0. The third-order valence-corrected chi connectivity index (χ3v) is 6.43. The summed E-state index contributed by atoms with van der Waals surface area (Å²) in [5.41, 5.74) is 2.91. The minimum atomic E-state index is -0.478. The lowest BCUT2D eigenvalue weighted by atomic mass is 10.0. The van der Waals surface area contributed by atoms with Gasteiger partial charge in [0.1, 0.15) is 0 Å². The van der Waals surface area contributed by atoms with Crippen LogP contribution in [0.25, 0.3) is 11.1 Å². The van der Waals surface area contributed by atoms with Gasteiger partial charge in [0.25, 0.3) is 5.69 Å². The number of aromatic nitrogens is 1. The fraction of sp³-hybridized carbons (Fsp3) is 0.200. The Kier molecular flexibility index (Phi) is 6.10. The van der Waals surface area contributed by atoms with Gasteiger partial charge in [-0.05, 0) is 54.6 Å². The van der Waals surface area contributed by atoms with Crippen LogP contribution in [0.4, 0.5) is 11.4 Å². The first-order chi connectivity index (χ1) is 16.9. The van der Waals surface area contributed by atoms with Gasteiger partial charge in [-0.1, -0.05) is 11.6 Å². The molecular formula is C25H21ClN4O5. The lowest BCUT2D eigenvalue weighted by Gasteiger charge is -2.36. The van der Waals surface area contributed by atoms with E-state index in [2.05, 4.69) is 9.80 Å². The number of hydrogen-bond donors (Lipinski definition) is 0. The second kappa shape index (κ2) is 9.36. The highest BCUT2D eigenvalue weighted by atomic mass is 35.5. The SMILES string of the molecule is O=C(c1ccc(Cl)cc1)c1ccc2c(c1)oc(=O)n2CN1CCN(c2ccc([N+](=O)[O-])cc2)CC1. The molecule has 10 heteroatoms. The normalized spacial score (nSPS) is 14.4. The van der Waals surface area contributed by atoms with Crippen molar-refractivity contribution in [1.82, 2.24) is 9.47 Å². The monoisotopic (exact) mass is 492 g/mol. The van der Waals surface area contributed by atoms with Gasteiger partial charge in [-0.25, -0.2) is 4.79 Å². The Hall–Kier alpha value is -3.95. The summed E-state index contributed by atoms with van der Waals surface area (Å²) in [7, 11) is 0. The van der Waals surface area contributed by atoms with Gasteiger partial charge in [-0.15, -0.1) is 0 Å². The number of nitrogens with zero attached hydrogens (tertiary/aromatic N) is 4. The molecule has 0 saturated carbocycles. The summed E-state index contributed by atoms with van der Waals surface area (Å²) in [6, 6.07) is 18.2. The van der Waals surface area contributed by atoms with E-state index in [4.69, 9.17) is 16.0 Å². The zero-order chi connectivity index (χ0) is 24.5. The molecule has 0 amide bonds. The van der Waals surface area contributed by atoms with Crippen LogP contribution in [0, 0.1) is 10.1 Å². The number of ketones is 1. The van der Waals surface area contributed by atoms with Gasteiger partial charge in [0.2, 0.25) is 0 Å². The van der Waals surface area contributed by atoms with Gasteiger partial charge in [0.15, 0.2) is 11.4 Å². The van der Waals surface area contributed by atoms with Gasteiger partial charge >= 0.3 is 5.76 Å². The van der Waals surface area contributed by atoms with Gasteiger partial charge in [-0.3, -0.25) is 24.4 Å². The maximum absolute atomic E-state index is 12.8. The third kappa shape index (κ3) is 4.68. The molecule has 1 saturated heterocycles. The van der Waals surface area contributed by atoms with E-state index in [1.54, 1.807) is 59.2 Å². The predicted molar refractivity (Wildman–Crippen MR) is 132 cm³/mol. The number of rotatable bonds is 6. The highest BCUT2D eigenvalue weighted by Gasteiger charge is 2.21. The molecule has 0 bridgehead atoms. The summed E-state index contributed by atoms with van der Waals surface area (Å²) in [5, 5.41) is 11.4. The first-order valence-corrected chi connectivity index (χ1v) is 11.4. The fourth-order valence-electron chi connectivity index (χ4n) is 4.24. The predicted octanol–water partition coefficient (Wildman–Crippen LogP) is 4.17. The molecule has 1 aliphatic rings. The molecular weight excluding hydrogens is 472 g/mol. The Morgan fingerprint density at radius 1 is 0.943 bits per heavy atom. The Morgan fingerprint density at radius 3 is 2.26 bits per heavy atom. The molecule has 0 spiro atoms. The maximum Gasteiger partial charge on any atom is 0.421 e. The number of hydrogen-bond acceptors (Lipinski definition) is 7. The lowest BCUT2D eigenvalue weighted by Crippen LogP contribution is -2.47. The second-order valence-corrected chi connectivity index (χ2v) is 8.77. The molecule has 0 radical (unpaired) electrons. The summed E-state index contributed by atoms with van der Waals surface area (Å²) in [5.74, 6) is -0.657. The number of anilines is 1.